The maximum Gasteiger partial charge on any atom is 0.311 e. The van der Waals surface area contributed by atoms with Gasteiger partial charge in [-0.25, -0.2) is 0 Å². The van der Waals surface area contributed by atoms with E-state index < -0.39 is 0 Å². The molecule has 4 aliphatic rings. The summed E-state index contributed by atoms with van der Waals surface area (Å²) in [5, 5.41) is 3.86. The van der Waals surface area contributed by atoms with Gasteiger partial charge in [-0.3, -0.25) is 4.79 Å². The minimum absolute atomic E-state index is 0. The number of nitrogens with one attached hydrogen (secondary N) is 1. The first-order valence-electron chi connectivity index (χ1n) is 8.09. The van der Waals surface area contributed by atoms with Gasteiger partial charge in [0.15, 0.2) is 0 Å². The first-order chi connectivity index (χ1) is 9.68. The van der Waals surface area contributed by atoms with Gasteiger partial charge in [0.2, 0.25) is 0 Å². The molecule has 1 aliphatic heterocycles. The van der Waals surface area contributed by atoms with Crippen molar-refractivity contribution < 1.29 is 14.3 Å². The zero-order valence-corrected chi connectivity index (χ0v) is 13.8. The number of methoxy groups -OCH3 is 1. The summed E-state index contributed by atoms with van der Waals surface area (Å²) in [4.78, 5) is 12.0. The third-order valence-corrected chi connectivity index (χ3v) is 5.97. The molecule has 4 fully saturated rings. The van der Waals surface area contributed by atoms with E-state index >= 15 is 0 Å². The molecule has 1 saturated heterocycles. The normalized spacial score (nSPS) is 36.0. The molecule has 1 heterocycles. The lowest BCUT2D eigenvalue weighted by molar-refractivity contribution is -0.160. The van der Waals surface area contributed by atoms with Gasteiger partial charge in [0.05, 0.1) is 12.5 Å². The number of hydrogen-bond acceptors (Lipinski definition) is 4. The second-order valence-corrected chi connectivity index (χ2v) is 6.99. The molecular weight excluding hydrogens is 290 g/mol. The smallest absolute Gasteiger partial charge is 0.311 e. The number of fused-ring (bicyclic) bond motifs is 3. The van der Waals surface area contributed by atoms with Crippen molar-refractivity contribution in [3.63, 3.8) is 0 Å². The zero-order chi connectivity index (χ0) is 14.1. The van der Waals surface area contributed by atoms with Gasteiger partial charge in [0.25, 0.3) is 0 Å². The second kappa shape index (κ2) is 6.84. The van der Waals surface area contributed by atoms with Crippen molar-refractivity contribution in [2.24, 2.45) is 11.3 Å². The predicted molar refractivity (Wildman–Crippen MR) is 83.7 cm³/mol. The predicted octanol–water partition coefficient (Wildman–Crippen LogP) is 2.69. The van der Waals surface area contributed by atoms with Crippen molar-refractivity contribution in [2.75, 3.05) is 26.9 Å². The largest absolute Gasteiger partial charge is 0.469 e. The van der Waals surface area contributed by atoms with Crippen LogP contribution >= 0.6 is 12.4 Å². The van der Waals surface area contributed by atoms with E-state index in [1.54, 1.807) is 0 Å². The maximum absolute atomic E-state index is 12.0. The van der Waals surface area contributed by atoms with Crippen molar-refractivity contribution in [3.05, 3.63) is 0 Å². The van der Waals surface area contributed by atoms with Gasteiger partial charge >= 0.3 is 5.97 Å². The fourth-order valence-corrected chi connectivity index (χ4v) is 4.28. The van der Waals surface area contributed by atoms with E-state index in [0.717, 1.165) is 64.2 Å². The van der Waals surface area contributed by atoms with Crippen LogP contribution in [-0.4, -0.2) is 38.4 Å². The van der Waals surface area contributed by atoms with E-state index in [9.17, 15) is 4.79 Å². The zero-order valence-electron chi connectivity index (χ0n) is 13.0. The Morgan fingerprint density at radius 1 is 1.14 bits per heavy atom. The van der Waals surface area contributed by atoms with Crippen LogP contribution in [0, 0.1) is 11.3 Å². The Kier molecular flexibility index (Phi) is 5.55. The minimum Gasteiger partial charge on any atom is -0.469 e. The van der Waals surface area contributed by atoms with Crippen LogP contribution in [0.15, 0.2) is 0 Å². The minimum atomic E-state index is -0.156. The van der Waals surface area contributed by atoms with Crippen LogP contribution in [0.5, 0.6) is 0 Å². The van der Waals surface area contributed by atoms with E-state index in [4.69, 9.17) is 9.47 Å². The Hall–Kier alpha value is -0.320. The summed E-state index contributed by atoms with van der Waals surface area (Å²) in [6, 6.07) is 0. The van der Waals surface area contributed by atoms with E-state index in [1.165, 1.54) is 20.0 Å². The summed E-state index contributed by atoms with van der Waals surface area (Å²) in [6.07, 6.45) is 8.77. The van der Waals surface area contributed by atoms with Crippen LogP contribution in [0.2, 0.25) is 0 Å². The Labute approximate surface area is 133 Å². The van der Waals surface area contributed by atoms with E-state index in [1.807, 2.05) is 0 Å². The number of hydrogen-bond donors (Lipinski definition) is 1. The molecule has 122 valence electrons. The topological polar surface area (TPSA) is 47.6 Å². The molecule has 4 rings (SSSR count). The fourth-order valence-electron chi connectivity index (χ4n) is 4.28. The SMILES string of the molecule is COC(=O)C12CCC(NCC3CCOCC3)(CC1)CC2.Cl. The van der Waals surface area contributed by atoms with Crippen LogP contribution in [0.3, 0.4) is 0 Å². The number of esters is 1. The molecule has 0 aromatic heterocycles. The van der Waals surface area contributed by atoms with Gasteiger partial charge in [-0.2, -0.15) is 0 Å². The van der Waals surface area contributed by atoms with Gasteiger partial charge < -0.3 is 14.8 Å². The molecule has 2 bridgehead atoms. The van der Waals surface area contributed by atoms with Crippen LogP contribution in [0.4, 0.5) is 0 Å². The van der Waals surface area contributed by atoms with Crippen molar-refractivity contribution in [2.45, 2.75) is 56.9 Å². The van der Waals surface area contributed by atoms with Crippen LogP contribution in [0.1, 0.15) is 51.4 Å². The maximum atomic E-state index is 12.0. The van der Waals surface area contributed by atoms with Crippen LogP contribution in [-0.2, 0) is 14.3 Å². The number of carbonyl (C=O) groups excluding carboxylic acids is 1. The summed E-state index contributed by atoms with van der Waals surface area (Å²) >= 11 is 0. The average Bonchev–Trinajstić information content (AvgIpc) is 2.55. The van der Waals surface area contributed by atoms with Crippen LogP contribution < -0.4 is 5.32 Å². The summed E-state index contributed by atoms with van der Waals surface area (Å²) in [5.74, 6) is 0.794. The average molecular weight is 318 g/mol. The lowest BCUT2D eigenvalue weighted by Crippen LogP contribution is -2.57. The summed E-state index contributed by atoms with van der Waals surface area (Å²) < 4.78 is 10.4. The van der Waals surface area contributed by atoms with Crippen LogP contribution in [0.25, 0.3) is 0 Å². The monoisotopic (exact) mass is 317 g/mol. The standard InChI is InChI=1S/C16H27NO3.ClH/c1-19-14(18)15-4-7-16(8-5-15,9-6-15)17-12-13-2-10-20-11-3-13;/h13,17H,2-12H2,1H3;1H. The van der Waals surface area contributed by atoms with Crippen molar-refractivity contribution in [1.29, 1.82) is 0 Å². The lowest BCUT2D eigenvalue weighted by atomic mass is 9.57. The Morgan fingerprint density at radius 3 is 2.24 bits per heavy atom. The van der Waals surface area contributed by atoms with Gasteiger partial charge in [-0.05, 0) is 63.8 Å². The van der Waals surface area contributed by atoms with E-state index in [0.29, 0.717) is 5.54 Å². The summed E-state index contributed by atoms with van der Waals surface area (Å²) in [5.41, 5.74) is 0.144. The molecule has 3 saturated carbocycles. The Bertz CT molecular complexity index is 344. The molecule has 1 N–H and O–H groups in total. The molecule has 0 spiro atoms. The molecule has 21 heavy (non-hydrogen) atoms. The van der Waals surface area contributed by atoms with Crippen molar-refractivity contribution in [1.82, 2.24) is 5.32 Å². The van der Waals surface area contributed by atoms with Gasteiger partial charge in [0, 0.05) is 18.8 Å². The highest BCUT2D eigenvalue weighted by Crippen LogP contribution is 2.52. The van der Waals surface area contributed by atoms with Gasteiger partial charge in [0.1, 0.15) is 0 Å². The molecule has 0 atom stereocenters. The highest BCUT2D eigenvalue weighted by molar-refractivity contribution is 5.85. The molecule has 0 radical (unpaired) electrons. The lowest BCUT2D eigenvalue weighted by Gasteiger charge is -2.52. The summed E-state index contributed by atoms with van der Waals surface area (Å²) in [6.45, 7) is 2.96. The highest BCUT2D eigenvalue weighted by Gasteiger charge is 2.52. The van der Waals surface area contributed by atoms with Gasteiger partial charge in [-0.15, -0.1) is 12.4 Å². The van der Waals surface area contributed by atoms with Gasteiger partial charge in [-0.1, -0.05) is 0 Å². The number of ether oxygens (including phenoxy) is 2. The molecule has 4 nitrogen and oxygen atoms in total. The molecular formula is C16H28ClNO3. The highest BCUT2D eigenvalue weighted by atomic mass is 35.5. The third kappa shape index (κ3) is 3.38. The fraction of sp³-hybridized carbons (Fsp3) is 0.938. The third-order valence-electron chi connectivity index (χ3n) is 5.97. The number of carbonyl (C=O) groups is 1. The molecule has 3 aliphatic carbocycles. The second-order valence-electron chi connectivity index (χ2n) is 6.99. The molecule has 0 aromatic carbocycles. The van der Waals surface area contributed by atoms with Crippen molar-refractivity contribution >= 4 is 18.4 Å². The molecule has 0 amide bonds. The van der Waals surface area contributed by atoms with Crippen molar-refractivity contribution in [3.8, 4) is 0 Å². The molecule has 0 unspecified atom stereocenters. The number of halogens is 1. The molecule has 5 heteroatoms. The number of rotatable bonds is 4. The van der Waals surface area contributed by atoms with E-state index in [-0.39, 0.29) is 23.8 Å². The first kappa shape index (κ1) is 17.0. The van der Waals surface area contributed by atoms with E-state index in [2.05, 4.69) is 5.32 Å². The Morgan fingerprint density at radius 2 is 1.71 bits per heavy atom. The quantitative estimate of drug-likeness (QED) is 0.810. The summed E-state index contributed by atoms with van der Waals surface area (Å²) in [7, 11) is 1.52. The Balaban J connectivity index is 0.00000161. The first-order valence-corrected chi connectivity index (χ1v) is 8.09. The molecule has 0 aromatic rings.